The molecule has 0 amide bonds. The minimum atomic E-state index is 0.896. The molecule has 0 unspecified atom stereocenters. The number of nitrogens with zero attached hydrogens (tertiary/aromatic N) is 3. The molecule has 386 valence electrons. The van der Waals surface area contributed by atoms with Crippen LogP contribution < -0.4 is 0 Å². The molecule has 0 aliphatic carbocycles. The highest BCUT2D eigenvalue weighted by molar-refractivity contribution is 6.14. The van der Waals surface area contributed by atoms with Gasteiger partial charge < -0.3 is 4.57 Å². The number of rotatable bonds is 9. The van der Waals surface area contributed by atoms with E-state index < -0.39 is 0 Å². The first-order valence-corrected chi connectivity index (χ1v) is 28.4. The van der Waals surface area contributed by atoms with Crippen molar-refractivity contribution in [2.75, 3.05) is 0 Å². The second kappa shape index (κ2) is 20.0. The number of aromatic nitrogens is 3. The summed E-state index contributed by atoms with van der Waals surface area (Å²) in [6.07, 6.45) is 0. The Hall–Kier alpha value is -11.0. The van der Waals surface area contributed by atoms with E-state index in [9.17, 15) is 0 Å². The highest BCUT2D eigenvalue weighted by atomic mass is 15.0. The van der Waals surface area contributed by atoms with Crippen LogP contribution >= 0.6 is 0 Å². The maximum Gasteiger partial charge on any atom is 0.0715 e. The van der Waals surface area contributed by atoms with Crippen LogP contribution in [0.15, 0.2) is 309 Å². The van der Waals surface area contributed by atoms with Crippen molar-refractivity contribution in [3.05, 3.63) is 309 Å². The fraction of sp³-hybridized carbons (Fsp3) is 0. The van der Waals surface area contributed by atoms with E-state index in [0.717, 1.165) is 95.1 Å². The molecule has 3 heterocycles. The predicted molar refractivity (Wildman–Crippen MR) is 350 cm³/mol. The molecule has 0 atom stereocenters. The molecule has 3 nitrogen and oxygen atoms in total. The summed E-state index contributed by atoms with van der Waals surface area (Å²) in [4.78, 5) is 11.1. The van der Waals surface area contributed by atoms with Crippen LogP contribution in [0.1, 0.15) is 0 Å². The first-order valence-electron chi connectivity index (χ1n) is 28.4. The van der Waals surface area contributed by atoms with Crippen molar-refractivity contribution in [2.24, 2.45) is 0 Å². The summed E-state index contributed by atoms with van der Waals surface area (Å²) < 4.78 is 2.44. The molecule has 0 fully saturated rings. The average Bonchev–Trinajstić information content (AvgIpc) is 4.14. The van der Waals surface area contributed by atoms with Gasteiger partial charge in [0, 0.05) is 38.7 Å². The lowest BCUT2D eigenvalue weighted by molar-refractivity contribution is 1.18. The summed E-state index contributed by atoms with van der Waals surface area (Å²) in [7, 11) is 0. The van der Waals surface area contributed by atoms with Crippen LogP contribution in [0, 0.1) is 0 Å². The summed E-state index contributed by atoms with van der Waals surface area (Å²) in [5.74, 6) is 0. The Morgan fingerprint density at radius 2 is 0.482 bits per heavy atom. The normalized spacial score (nSPS) is 11.6. The zero-order chi connectivity index (χ0) is 54.8. The molecule has 0 aliphatic rings. The molecular weight excluding hydrogens is 1000 g/mol. The second-order valence-corrected chi connectivity index (χ2v) is 21.7. The van der Waals surface area contributed by atoms with E-state index in [1.807, 2.05) is 0 Å². The highest BCUT2D eigenvalue weighted by Gasteiger charge is 2.20. The van der Waals surface area contributed by atoms with Crippen LogP contribution in [0.4, 0.5) is 0 Å². The third-order valence-electron chi connectivity index (χ3n) is 16.6. The molecule has 0 saturated carbocycles. The maximum absolute atomic E-state index is 5.53. The van der Waals surface area contributed by atoms with Gasteiger partial charge in [-0.15, -0.1) is 0 Å². The van der Waals surface area contributed by atoms with Gasteiger partial charge in [-0.05, 0) is 166 Å². The lowest BCUT2D eigenvalue weighted by atomic mass is 9.90. The van der Waals surface area contributed by atoms with Crippen molar-refractivity contribution in [3.63, 3.8) is 0 Å². The van der Waals surface area contributed by atoms with Crippen LogP contribution in [0.5, 0.6) is 0 Å². The van der Waals surface area contributed by atoms with Crippen LogP contribution in [-0.4, -0.2) is 14.5 Å². The molecule has 0 spiro atoms. The van der Waals surface area contributed by atoms with Gasteiger partial charge in [0.05, 0.1) is 33.8 Å². The molecule has 83 heavy (non-hydrogen) atoms. The van der Waals surface area contributed by atoms with Gasteiger partial charge in [-0.25, -0.2) is 9.97 Å². The van der Waals surface area contributed by atoms with E-state index in [-0.39, 0.29) is 0 Å². The molecule has 0 saturated heterocycles. The largest absolute Gasteiger partial charge is 0.309 e. The molecule has 16 rings (SSSR count). The molecule has 3 heteroatoms. The molecule has 0 aliphatic heterocycles. The Kier molecular flexibility index (Phi) is 11.5. The van der Waals surface area contributed by atoms with E-state index in [2.05, 4.69) is 314 Å². The van der Waals surface area contributed by atoms with Gasteiger partial charge in [0.2, 0.25) is 0 Å². The van der Waals surface area contributed by atoms with Gasteiger partial charge in [0.15, 0.2) is 0 Å². The summed E-state index contributed by atoms with van der Waals surface area (Å²) in [6.45, 7) is 0. The predicted octanol–water partition coefficient (Wildman–Crippen LogP) is 21.5. The fourth-order valence-corrected chi connectivity index (χ4v) is 12.8. The van der Waals surface area contributed by atoms with Crippen molar-refractivity contribution in [3.8, 4) is 95.2 Å². The van der Waals surface area contributed by atoms with E-state index >= 15 is 0 Å². The van der Waals surface area contributed by atoms with Crippen molar-refractivity contribution in [2.45, 2.75) is 0 Å². The summed E-state index contributed by atoms with van der Waals surface area (Å²) in [5.41, 5.74) is 20.2. The minimum absolute atomic E-state index is 0.896. The smallest absolute Gasteiger partial charge is 0.0715 e. The molecule has 16 aromatic rings. The van der Waals surface area contributed by atoms with Gasteiger partial charge in [0.25, 0.3) is 0 Å². The number of para-hydroxylation sites is 2. The molecule has 0 bridgehead atoms. The van der Waals surface area contributed by atoms with Crippen molar-refractivity contribution >= 4 is 64.9 Å². The first kappa shape index (κ1) is 48.0. The van der Waals surface area contributed by atoms with Crippen LogP contribution in [0.3, 0.4) is 0 Å². The summed E-state index contributed by atoms with van der Waals surface area (Å²) >= 11 is 0. The monoisotopic (exact) mass is 1050 g/mol. The van der Waals surface area contributed by atoms with Crippen molar-refractivity contribution in [1.29, 1.82) is 0 Å². The zero-order valence-corrected chi connectivity index (χ0v) is 45.3. The molecule has 0 radical (unpaired) electrons. The van der Waals surface area contributed by atoms with E-state index in [0.29, 0.717) is 0 Å². The van der Waals surface area contributed by atoms with Gasteiger partial charge >= 0.3 is 0 Å². The quantitative estimate of drug-likeness (QED) is 0.135. The molecule has 0 N–H and O–H groups in total. The van der Waals surface area contributed by atoms with Crippen molar-refractivity contribution in [1.82, 2.24) is 14.5 Å². The van der Waals surface area contributed by atoms with Crippen molar-refractivity contribution < 1.29 is 0 Å². The maximum atomic E-state index is 5.53. The number of hydrogen-bond acceptors (Lipinski definition) is 2. The molecular formula is C80H51N3. The second-order valence-electron chi connectivity index (χ2n) is 21.7. The Labute approximate surface area is 481 Å². The third-order valence-corrected chi connectivity index (χ3v) is 16.6. The Balaban J connectivity index is 0.927. The highest BCUT2D eigenvalue weighted by Crippen LogP contribution is 2.43. The number of benzene rings is 13. The standard InChI is InChI=1S/C80H51N3/c1-3-21-52(22-4-1)73-48-64(50-75(81-73)58-29-19-31-60(43-58)79-67-33-11-7-25-54(67)41-55-26-8-12-34-68(55)79)62-45-63(47-66(46-62)83-77-39-17-15-37-71(77)72-38-16-18-40-78(72)83)65-49-74(53-23-5-2-6-24-53)82-76(51-65)59-30-20-32-61(44-59)80-69-35-13-9-27-56(69)42-57-28-10-14-36-70(57)80/h1-51H. The fourth-order valence-electron chi connectivity index (χ4n) is 12.8. The van der Waals surface area contributed by atoms with Crippen LogP contribution in [0.2, 0.25) is 0 Å². The van der Waals surface area contributed by atoms with E-state index in [1.54, 1.807) is 0 Å². The Bertz CT molecular complexity index is 4780. The van der Waals surface area contributed by atoms with Gasteiger partial charge in [0.1, 0.15) is 0 Å². The average molecular weight is 1050 g/mol. The summed E-state index contributed by atoms with van der Waals surface area (Å²) in [5, 5.41) is 12.2. The van der Waals surface area contributed by atoms with Gasteiger partial charge in [-0.3, -0.25) is 0 Å². The SMILES string of the molecule is c1ccc(-c2cc(-c3cc(-c4cc(-c5ccccc5)nc(-c5cccc(-c6c7ccccc7cc7ccccc67)c5)c4)cc(-n4c5ccccc5c5ccccc54)c3)cc(-c3cccc(-c4c5ccccc5cc5ccccc45)c3)n2)cc1. The first-order chi connectivity index (χ1) is 41.1. The number of fused-ring (bicyclic) bond motifs is 7. The number of pyridine rings is 2. The lowest BCUT2D eigenvalue weighted by Gasteiger charge is -2.17. The van der Waals surface area contributed by atoms with Crippen LogP contribution in [-0.2, 0) is 0 Å². The van der Waals surface area contributed by atoms with Gasteiger partial charge in [-0.2, -0.15) is 0 Å². The zero-order valence-electron chi connectivity index (χ0n) is 45.3. The topological polar surface area (TPSA) is 30.7 Å². The lowest BCUT2D eigenvalue weighted by Crippen LogP contribution is -1.98. The summed E-state index contributed by atoms with van der Waals surface area (Å²) in [6, 6.07) is 112. The Morgan fingerprint density at radius 1 is 0.193 bits per heavy atom. The van der Waals surface area contributed by atoms with Crippen LogP contribution in [0.25, 0.3) is 160 Å². The van der Waals surface area contributed by atoms with E-state index in [1.165, 1.54) is 65.0 Å². The number of hydrogen-bond donors (Lipinski definition) is 0. The Morgan fingerprint density at radius 3 is 0.880 bits per heavy atom. The van der Waals surface area contributed by atoms with E-state index in [4.69, 9.17) is 9.97 Å². The third kappa shape index (κ3) is 8.54. The molecule has 3 aromatic heterocycles. The minimum Gasteiger partial charge on any atom is -0.309 e. The molecule has 13 aromatic carbocycles. The van der Waals surface area contributed by atoms with Gasteiger partial charge in [-0.1, -0.05) is 231 Å².